The normalized spacial score (nSPS) is 16.1. The number of sulfonamides is 1. The molecule has 0 spiro atoms. The van der Waals surface area contributed by atoms with Gasteiger partial charge in [0, 0.05) is 18.7 Å². The van der Waals surface area contributed by atoms with E-state index in [1.807, 2.05) is 0 Å². The molecule has 1 fully saturated rings. The highest BCUT2D eigenvalue weighted by Gasteiger charge is 2.28. The average Bonchev–Trinajstić information content (AvgIpc) is 2.96. The zero-order valence-electron chi connectivity index (χ0n) is 15.2. The second-order valence-electron chi connectivity index (χ2n) is 6.67. The van der Waals surface area contributed by atoms with Crippen molar-refractivity contribution in [3.63, 3.8) is 0 Å². The van der Waals surface area contributed by atoms with E-state index in [0.717, 1.165) is 12.8 Å². The lowest BCUT2D eigenvalue weighted by Crippen LogP contribution is -2.26. The number of nitrogens with zero attached hydrogens (tertiary/aromatic N) is 1. The Bertz CT molecular complexity index is 641. The molecule has 1 aliphatic rings. The van der Waals surface area contributed by atoms with Crippen molar-refractivity contribution in [2.75, 3.05) is 23.1 Å². The van der Waals surface area contributed by atoms with Crippen molar-refractivity contribution in [2.24, 2.45) is 0 Å². The summed E-state index contributed by atoms with van der Waals surface area (Å²) in [4.78, 5) is 12.1. The van der Waals surface area contributed by atoms with Crippen LogP contribution in [-0.4, -0.2) is 33.2 Å². The first-order valence-electron chi connectivity index (χ1n) is 9.43. The molecule has 1 aromatic carbocycles. The number of unbranched alkanes of at least 4 members (excludes halogenated alkanes) is 6. The maximum absolute atomic E-state index is 12.1. The lowest BCUT2D eigenvalue weighted by molar-refractivity contribution is 0.0953. The highest BCUT2D eigenvalue weighted by molar-refractivity contribution is 7.93. The summed E-state index contributed by atoms with van der Waals surface area (Å²) in [5, 5.41) is 2.94. The van der Waals surface area contributed by atoms with E-state index in [1.54, 1.807) is 24.3 Å². The molecule has 6 heteroatoms. The van der Waals surface area contributed by atoms with Gasteiger partial charge in [0.25, 0.3) is 5.91 Å². The van der Waals surface area contributed by atoms with Gasteiger partial charge in [0.2, 0.25) is 10.0 Å². The van der Waals surface area contributed by atoms with E-state index in [4.69, 9.17) is 0 Å². The second-order valence-corrected chi connectivity index (χ2v) is 8.68. The Morgan fingerprint density at radius 2 is 1.68 bits per heavy atom. The van der Waals surface area contributed by atoms with Crippen LogP contribution in [0.4, 0.5) is 5.69 Å². The van der Waals surface area contributed by atoms with Crippen molar-refractivity contribution in [1.29, 1.82) is 0 Å². The van der Waals surface area contributed by atoms with Crippen molar-refractivity contribution in [3.05, 3.63) is 29.8 Å². The molecule has 5 nitrogen and oxygen atoms in total. The van der Waals surface area contributed by atoms with Gasteiger partial charge in [0.05, 0.1) is 11.4 Å². The summed E-state index contributed by atoms with van der Waals surface area (Å²) in [5.74, 6) is 0.107. The van der Waals surface area contributed by atoms with Crippen LogP contribution in [0.1, 0.15) is 68.6 Å². The molecule has 0 unspecified atom stereocenters. The Kier molecular flexibility index (Phi) is 7.75. The van der Waals surface area contributed by atoms with E-state index in [9.17, 15) is 13.2 Å². The second kappa shape index (κ2) is 9.80. The molecular formula is C19H30N2O3S. The third kappa shape index (κ3) is 6.03. The van der Waals surface area contributed by atoms with Crippen LogP contribution in [0.5, 0.6) is 0 Å². The Morgan fingerprint density at radius 1 is 1.04 bits per heavy atom. The quantitative estimate of drug-likeness (QED) is 0.642. The molecular weight excluding hydrogens is 336 g/mol. The number of benzene rings is 1. The molecule has 1 aliphatic heterocycles. The van der Waals surface area contributed by atoms with Gasteiger partial charge >= 0.3 is 0 Å². The molecule has 1 heterocycles. The number of anilines is 1. The molecule has 140 valence electrons. The molecule has 0 aliphatic carbocycles. The van der Waals surface area contributed by atoms with Crippen molar-refractivity contribution >= 4 is 21.6 Å². The maximum Gasteiger partial charge on any atom is 0.251 e. The first-order chi connectivity index (χ1) is 12.0. The first-order valence-corrected chi connectivity index (χ1v) is 11.0. The predicted molar refractivity (Wildman–Crippen MR) is 103 cm³/mol. The van der Waals surface area contributed by atoms with Crippen LogP contribution >= 0.6 is 0 Å². The van der Waals surface area contributed by atoms with E-state index >= 15 is 0 Å². The van der Waals surface area contributed by atoms with Crippen molar-refractivity contribution in [3.8, 4) is 0 Å². The topological polar surface area (TPSA) is 66.5 Å². The number of hydrogen-bond donors (Lipinski definition) is 1. The number of nitrogens with one attached hydrogen (secondary N) is 1. The molecule has 1 N–H and O–H groups in total. The van der Waals surface area contributed by atoms with E-state index in [2.05, 4.69) is 12.2 Å². The molecule has 0 saturated carbocycles. The highest BCUT2D eigenvalue weighted by atomic mass is 32.2. The number of carbonyl (C=O) groups excluding carboxylic acids is 1. The molecule has 1 amide bonds. The first kappa shape index (κ1) is 19.8. The Labute approximate surface area is 151 Å². The summed E-state index contributed by atoms with van der Waals surface area (Å²) < 4.78 is 25.3. The minimum Gasteiger partial charge on any atom is -0.352 e. The molecule has 1 saturated heterocycles. The number of carbonyl (C=O) groups is 1. The molecule has 0 atom stereocenters. The van der Waals surface area contributed by atoms with Crippen molar-refractivity contribution < 1.29 is 13.2 Å². The van der Waals surface area contributed by atoms with Crippen LogP contribution in [0.15, 0.2) is 24.3 Å². The summed E-state index contributed by atoms with van der Waals surface area (Å²) in [5.41, 5.74) is 1.21. The molecule has 0 radical (unpaired) electrons. The standard InChI is InChI=1S/C19H30N2O3S/c1-2-3-4-5-6-7-8-14-20-19(22)17-10-12-18(13-11-17)21-15-9-16-25(21,23)24/h10-13H,2-9,14-16H2,1H3,(H,20,22). The van der Waals surface area contributed by atoms with Gasteiger partial charge in [-0.1, -0.05) is 45.4 Å². The minimum absolute atomic E-state index is 0.0955. The van der Waals surface area contributed by atoms with Gasteiger partial charge in [0.15, 0.2) is 0 Å². The van der Waals surface area contributed by atoms with Crippen molar-refractivity contribution in [1.82, 2.24) is 5.32 Å². The predicted octanol–water partition coefficient (Wildman–Crippen LogP) is 3.71. The van der Waals surface area contributed by atoms with Crippen LogP contribution < -0.4 is 9.62 Å². The summed E-state index contributed by atoms with van der Waals surface area (Å²) in [6.07, 6.45) is 9.20. The SMILES string of the molecule is CCCCCCCCCNC(=O)c1ccc(N2CCCS2(=O)=O)cc1. The zero-order valence-corrected chi connectivity index (χ0v) is 16.0. The Morgan fingerprint density at radius 3 is 2.28 bits per heavy atom. The molecule has 0 bridgehead atoms. The third-order valence-corrected chi connectivity index (χ3v) is 6.45. The number of rotatable bonds is 10. The Hall–Kier alpha value is -1.56. The van der Waals surface area contributed by atoms with E-state index in [-0.39, 0.29) is 11.7 Å². The smallest absolute Gasteiger partial charge is 0.251 e. The maximum atomic E-state index is 12.1. The van der Waals surface area contributed by atoms with Crippen LogP contribution in [0.3, 0.4) is 0 Å². The zero-order chi connectivity index (χ0) is 18.1. The van der Waals surface area contributed by atoms with Crippen LogP contribution in [0.25, 0.3) is 0 Å². The molecule has 2 rings (SSSR count). The average molecular weight is 367 g/mol. The molecule has 25 heavy (non-hydrogen) atoms. The van der Waals surface area contributed by atoms with Gasteiger partial charge in [-0.25, -0.2) is 8.42 Å². The molecule has 0 aromatic heterocycles. The summed E-state index contributed by atoms with van der Waals surface area (Å²) in [6, 6.07) is 6.82. The third-order valence-electron chi connectivity index (χ3n) is 4.58. The van der Waals surface area contributed by atoms with Crippen LogP contribution in [-0.2, 0) is 10.0 Å². The summed E-state index contributed by atoms with van der Waals surface area (Å²) in [7, 11) is -3.17. The monoisotopic (exact) mass is 366 g/mol. The molecule has 1 aromatic rings. The van der Waals surface area contributed by atoms with Gasteiger partial charge in [-0.05, 0) is 37.1 Å². The van der Waals surface area contributed by atoms with Crippen molar-refractivity contribution in [2.45, 2.75) is 58.3 Å². The number of hydrogen-bond acceptors (Lipinski definition) is 3. The van der Waals surface area contributed by atoms with E-state index < -0.39 is 10.0 Å². The summed E-state index contributed by atoms with van der Waals surface area (Å²) >= 11 is 0. The fourth-order valence-corrected chi connectivity index (χ4v) is 4.66. The summed E-state index contributed by atoms with van der Waals surface area (Å²) in [6.45, 7) is 3.42. The largest absolute Gasteiger partial charge is 0.352 e. The van der Waals surface area contributed by atoms with E-state index in [1.165, 1.54) is 36.4 Å². The lowest BCUT2D eigenvalue weighted by Gasteiger charge is -2.17. The Balaban J connectivity index is 1.72. The minimum atomic E-state index is -3.17. The fraction of sp³-hybridized carbons (Fsp3) is 0.632. The van der Waals surface area contributed by atoms with Gasteiger partial charge < -0.3 is 5.32 Å². The lowest BCUT2D eigenvalue weighted by atomic mass is 10.1. The van der Waals surface area contributed by atoms with Gasteiger partial charge in [0.1, 0.15) is 0 Å². The fourth-order valence-electron chi connectivity index (χ4n) is 3.09. The van der Waals surface area contributed by atoms with Gasteiger partial charge in [-0.15, -0.1) is 0 Å². The van der Waals surface area contributed by atoms with E-state index in [0.29, 0.717) is 30.8 Å². The highest BCUT2D eigenvalue weighted by Crippen LogP contribution is 2.24. The van der Waals surface area contributed by atoms with Crippen LogP contribution in [0.2, 0.25) is 0 Å². The number of amides is 1. The van der Waals surface area contributed by atoms with Gasteiger partial charge in [-0.2, -0.15) is 0 Å². The van der Waals surface area contributed by atoms with Gasteiger partial charge in [-0.3, -0.25) is 9.10 Å². The van der Waals surface area contributed by atoms with Crippen LogP contribution in [0, 0.1) is 0 Å².